The summed E-state index contributed by atoms with van der Waals surface area (Å²) in [5.41, 5.74) is 2.68. The lowest BCUT2D eigenvalue weighted by atomic mass is 10.2. The fourth-order valence-electron chi connectivity index (χ4n) is 3.90. The summed E-state index contributed by atoms with van der Waals surface area (Å²) in [6, 6.07) is 11.8. The van der Waals surface area contributed by atoms with Crippen LogP contribution in [0.1, 0.15) is 18.9 Å². The maximum atomic E-state index is 11.5. The molecular formula is C23H27N5O3. The van der Waals surface area contributed by atoms with Crippen molar-refractivity contribution in [2.45, 2.75) is 26.3 Å². The Morgan fingerprint density at radius 1 is 1.13 bits per heavy atom. The van der Waals surface area contributed by atoms with E-state index in [4.69, 9.17) is 19.4 Å². The summed E-state index contributed by atoms with van der Waals surface area (Å²) in [6.07, 6.45) is 0.874. The normalized spacial score (nSPS) is 15.7. The van der Waals surface area contributed by atoms with E-state index < -0.39 is 0 Å². The zero-order chi connectivity index (χ0) is 22.0. The molecule has 1 aromatic heterocycles. The number of ether oxygens (including phenoxy) is 2. The van der Waals surface area contributed by atoms with Gasteiger partial charge in [0.05, 0.1) is 19.7 Å². The van der Waals surface area contributed by atoms with Gasteiger partial charge in [0, 0.05) is 49.3 Å². The smallest absolute Gasteiger partial charge is 0.229 e. The number of carbonyl (C=O) groups excluding carboxylic acids is 1. The predicted molar refractivity (Wildman–Crippen MR) is 122 cm³/mol. The van der Waals surface area contributed by atoms with Crippen LogP contribution in [0.2, 0.25) is 0 Å². The number of fused-ring (bicyclic) bond motifs is 1. The summed E-state index contributed by atoms with van der Waals surface area (Å²) in [6.45, 7) is 5.06. The summed E-state index contributed by atoms with van der Waals surface area (Å²) in [7, 11) is 3.29. The number of benzene rings is 2. The highest BCUT2D eigenvalue weighted by Gasteiger charge is 2.26. The molecule has 0 spiro atoms. The van der Waals surface area contributed by atoms with Crippen LogP contribution in [0.5, 0.6) is 11.5 Å². The Labute approximate surface area is 181 Å². The Bertz CT molecular complexity index is 1120. The maximum absolute atomic E-state index is 11.5. The van der Waals surface area contributed by atoms with Crippen molar-refractivity contribution in [3.63, 3.8) is 0 Å². The summed E-state index contributed by atoms with van der Waals surface area (Å²) in [5, 5.41) is 7.25. The number of carbonyl (C=O) groups is 1. The van der Waals surface area contributed by atoms with Crippen LogP contribution in [0.3, 0.4) is 0 Å². The number of methoxy groups -OCH3 is 2. The molecule has 2 N–H and O–H groups in total. The highest BCUT2D eigenvalue weighted by atomic mass is 16.5. The topological polar surface area (TPSA) is 88.6 Å². The third-order valence-electron chi connectivity index (χ3n) is 5.44. The van der Waals surface area contributed by atoms with Crippen molar-refractivity contribution >= 4 is 34.3 Å². The zero-order valence-corrected chi connectivity index (χ0v) is 18.2. The Morgan fingerprint density at radius 3 is 2.71 bits per heavy atom. The monoisotopic (exact) mass is 421 g/mol. The molecule has 0 saturated carbocycles. The predicted octanol–water partition coefficient (Wildman–Crippen LogP) is 3.41. The Morgan fingerprint density at radius 2 is 1.97 bits per heavy atom. The van der Waals surface area contributed by atoms with Crippen molar-refractivity contribution in [1.82, 2.24) is 15.3 Å². The van der Waals surface area contributed by atoms with Gasteiger partial charge >= 0.3 is 0 Å². The second kappa shape index (κ2) is 8.67. The lowest BCUT2D eigenvalue weighted by Gasteiger charge is -2.21. The second-order valence-electron chi connectivity index (χ2n) is 7.70. The van der Waals surface area contributed by atoms with Gasteiger partial charge in [-0.1, -0.05) is 6.07 Å². The maximum Gasteiger partial charge on any atom is 0.229 e. The summed E-state index contributed by atoms with van der Waals surface area (Å²) in [4.78, 5) is 23.2. The van der Waals surface area contributed by atoms with Gasteiger partial charge in [0.25, 0.3) is 0 Å². The van der Waals surface area contributed by atoms with E-state index in [-0.39, 0.29) is 11.9 Å². The number of amides is 1. The van der Waals surface area contributed by atoms with Crippen LogP contribution in [0, 0.1) is 6.92 Å². The highest BCUT2D eigenvalue weighted by Crippen LogP contribution is 2.32. The van der Waals surface area contributed by atoms with E-state index in [1.807, 2.05) is 43.3 Å². The Hall–Kier alpha value is -3.55. The average Bonchev–Trinajstić information content (AvgIpc) is 3.21. The molecular weight excluding hydrogens is 394 g/mol. The molecule has 8 heteroatoms. The van der Waals surface area contributed by atoms with Crippen LogP contribution in [-0.4, -0.2) is 49.2 Å². The molecule has 1 fully saturated rings. The van der Waals surface area contributed by atoms with Crippen LogP contribution >= 0.6 is 0 Å². The molecule has 1 atom stereocenters. The standard InChI is InChI=1S/C23H27N5O3/c1-14-5-6-16(11-21(14)31-4)25-23-26-20-12-18(30-3)7-8-19(20)22(27-23)28-10-9-17(13-28)24-15(2)29/h5-8,11-12,17H,9-10,13H2,1-4H3,(H,24,29)(H,25,26,27). The number of rotatable bonds is 6. The number of hydrogen-bond donors (Lipinski definition) is 2. The van der Waals surface area contributed by atoms with Gasteiger partial charge in [-0.15, -0.1) is 0 Å². The highest BCUT2D eigenvalue weighted by molar-refractivity contribution is 5.92. The molecule has 162 valence electrons. The van der Waals surface area contributed by atoms with Crippen molar-refractivity contribution < 1.29 is 14.3 Å². The van der Waals surface area contributed by atoms with Gasteiger partial charge in [0.2, 0.25) is 11.9 Å². The molecule has 2 heterocycles. The molecule has 4 rings (SSSR count). The molecule has 2 aromatic carbocycles. The molecule has 1 aliphatic rings. The van der Waals surface area contributed by atoms with Crippen molar-refractivity contribution in [3.05, 3.63) is 42.0 Å². The molecule has 8 nitrogen and oxygen atoms in total. The molecule has 1 saturated heterocycles. The van der Waals surface area contributed by atoms with E-state index in [1.54, 1.807) is 21.1 Å². The lowest BCUT2D eigenvalue weighted by Crippen LogP contribution is -2.35. The zero-order valence-electron chi connectivity index (χ0n) is 18.2. The molecule has 0 radical (unpaired) electrons. The van der Waals surface area contributed by atoms with Crippen LogP contribution in [0.25, 0.3) is 10.9 Å². The van der Waals surface area contributed by atoms with Crippen molar-refractivity contribution in [2.24, 2.45) is 0 Å². The van der Waals surface area contributed by atoms with Crippen LogP contribution in [0.15, 0.2) is 36.4 Å². The average molecular weight is 422 g/mol. The Balaban J connectivity index is 1.72. The van der Waals surface area contributed by atoms with Crippen molar-refractivity contribution in [2.75, 3.05) is 37.5 Å². The van der Waals surface area contributed by atoms with Crippen molar-refractivity contribution in [3.8, 4) is 11.5 Å². The first-order valence-electron chi connectivity index (χ1n) is 10.3. The quantitative estimate of drug-likeness (QED) is 0.630. The van der Waals surface area contributed by atoms with Crippen LogP contribution in [0.4, 0.5) is 17.5 Å². The molecule has 1 aliphatic heterocycles. The third-order valence-corrected chi connectivity index (χ3v) is 5.44. The van der Waals surface area contributed by atoms with E-state index in [0.717, 1.165) is 52.4 Å². The largest absolute Gasteiger partial charge is 0.497 e. The first-order valence-corrected chi connectivity index (χ1v) is 10.3. The van der Waals surface area contributed by atoms with Gasteiger partial charge in [-0.3, -0.25) is 4.79 Å². The van der Waals surface area contributed by atoms with Crippen LogP contribution in [-0.2, 0) is 4.79 Å². The molecule has 0 aliphatic carbocycles. The number of hydrogen-bond acceptors (Lipinski definition) is 7. The summed E-state index contributed by atoms with van der Waals surface area (Å²) < 4.78 is 10.8. The Kier molecular flexibility index (Phi) is 5.79. The van der Waals surface area contributed by atoms with Gasteiger partial charge in [-0.05, 0) is 37.1 Å². The first-order chi connectivity index (χ1) is 15.0. The number of nitrogens with zero attached hydrogens (tertiary/aromatic N) is 3. The minimum absolute atomic E-state index is 0.0141. The van der Waals surface area contributed by atoms with E-state index in [0.29, 0.717) is 12.5 Å². The minimum atomic E-state index is -0.0141. The van der Waals surface area contributed by atoms with E-state index in [1.165, 1.54) is 0 Å². The summed E-state index contributed by atoms with van der Waals surface area (Å²) >= 11 is 0. The molecule has 31 heavy (non-hydrogen) atoms. The fourth-order valence-corrected chi connectivity index (χ4v) is 3.90. The number of nitrogens with one attached hydrogen (secondary N) is 2. The second-order valence-corrected chi connectivity index (χ2v) is 7.70. The third kappa shape index (κ3) is 4.47. The fraction of sp³-hybridized carbons (Fsp3) is 0.348. The van der Waals surface area contributed by atoms with Gasteiger partial charge in [0.15, 0.2) is 0 Å². The van der Waals surface area contributed by atoms with Crippen molar-refractivity contribution in [1.29, 1.82) is 0 Å². The summed E-state index contributed by atoms with van der Waals surface area (Å²) in [5.74, 6) is 2.84. The van der Waals surface area contributed by atoms with E-state index >= 15 is 0 Å². The molecule has 3 aromatic rings. The minimum Gasteiger partial charge on any atom is -0.497 e. The van der Waals surface area contributed by atoms with Gasteiger partial charge < -0.3 is 25.0 Å². The molecule has 0 bridgehead atoms. The first kappa shape index (κ1) is 20.7. The SMILES string of the molecule is COc1ccc2c(N3CCC(NC(C)=O)C3)nc(Nc3ccc(C)c(OC)c3)nc2c1. The molecule has 1 unspecified atom stereocenters. The van der Waals surface area contributed by atoms with Gasteiger partial charge in [-0.25, -0.2) is 4.98 Å². The van der Waals surface area contributed by atoms with Gasteiger partial charge in [-0.2, -0.15) is 4.98 Å². The van der Waals surface area contributed by atoms with E-state index in [2.05, 4.69) is 15.5 Å². The number of aryl methyl sites for hydroxylation is 1. The van der Waals surface area contributed by atoms with Crippen LogP contribution < -0.4 is 25.0 Å². The molecule has 1 amide bonds. The van der Waals surface area contributed by atoms with Gasteiger partial charge in [0.1, 0.15) is 17.3 Å². The number of aromatic nitrogens is 2. The lowest BCUT2D eigenvalue weighted by molar-refractivity contribution is -0.119. The van der Waals surface area contributed by atoms with E-state index in [9.17, 15) is 4.79 Å². The number of anilines is 3.